The zero-order valence-electron chi connectivity index (χ0n) is 14.2. The van der Waals surface area contributed by atoms with E-state index in [1.54, 1.807) is 46.2 Å². The van der Waals surface area contributed by atoms with E-state index in [1.165, 1.54) is 0 Å². The summed E-state index contributed by atoms with van der Waals surface area (Å²) >= 11 is 12.4. The Bertz CT molecular complexity index is 996. The number of halogens is 2. The molecule has 6 nitrogen and oxygen atoms in total. The molecule has 0 bridgehead atoms. The minimum Gasteiger partial charge on any atom is -0.410 e. The number of piperazine rings is 1. The molecule has 5 rings (SSSR count). The first-order chi connectivity index (χ1) is 12.9. The van der Waals surface area contributed by atoms with Gasteiger partial charge in [0.25, 0.3) is 0 Å². The van der Waals surface area contributed by atoms with Crippen molar-refractivity contribution in [3.05, 3.63) is 57.6 Å². The summed E-state index contributed by atoms with van der Waals surface area (Å²) in [5.74, 6) is 0.893. The standard InChI is InChI=1S/C19H14Cl2N2O4/c1-9-8-22-16(12-6-10(20)2-4-14(12)26-18(22)24)17-13-7-11(21)3-5-15(13)27-19(25)23(9)17/h2-7,9,16-17H,8H2,1H3/t9?,16-,17-/m1/s1. The van der Waals surface area contributed by atoms with Crippen LogP contribution in [0.5, 0.6) is 11.5 Å². The molecule has 3 aliphatic rings. The van der Waals surface area contributed by atoms with Crippen LogP contribution < -0.4 is 9.47 Å². The lowest BCUT2D eigenvalue weighted by Crippen LogP contribution is -2.61. The van der Waals surface area contributed by atoms with E-state index in [-0.39, 0.29) is 6.04 Å². The van der Waals surface area contributed by atoms with Gasteiger partial charge in [0.05, 0.1) is 18.1 Å². The fraction of sp³-hybridized carbons (Fsp3) is 0.263. The highest BCUT2D eigenvalue weighted by atomic mass is 35.5. The van der Waals surface area contributed by atoms with Crippen LogP contribution in [0.1, 0.15) is 30.1 Å². The summed E-state index contributed by atoms with van der Waals surface area (Å²) < 4.78 is 11.0. The summed E-state index contributed by atoms with van der Waals surface area (Å²) in [5.41, 5.74) is 1.51. The van der Waals surface area contributed by atoms with Gasteiger partial charge in [0.1, 0.15) is 11.5 Å². The second-order valence-corrected chi connectivity index (χ2v) is 7.77. The van der Waals surface area contributed by atoms with Gasteiger partial charge in [-0.25, -0.2) is 9.59 Å². The third-order valence-corrected chi connectivity index (χ3v) is 5.76. The van der Waals surface area contributed by atoms with Crippen LogP contribution in [0.15, 0.2) is 36.4 Å². The average molecular weight is 405 g/mol. The number of nitrogens with zero attached hydrogens (tertiary/aromatic N) is 2. The Balaban J connectivity index is 1.76. The van der Waals surface area contributed by atoms with Crippen molar-refractivity contribution >= 4 is 35.4 Å². The first-order valence-corrected chi connectivity index (χ1v) is 9.27. The van der Waals surface area contributed by atoms with Gasteiger partial charge in [0.2, 0.25) is 0 Å². The van der Waals surface area contributed by atoms with E-state index in [0.717, 1.165) is 11.1 Å². The smallest absolute Gasteiger partial charge is 0.410 e. The molecule has 3 atom stereocenters. The maximum Gasteiger partial charge on any atom is 0.416 e. The van der Waals surface area contributed by atoms with Crippen molar-refractivity contribution in [2.24, 2.45) is 0 Å². The van der Waals surface area contributed by atoms with Gasteiger partial charge in [-0.15, -0.1) is 0 Å². The minimum atomic E-state index is -0.450. The summed E-state index contributed by atoms with van der Waals surface area (Å²) in [7, 11) is 0. The molecule has 27 heavy (non-hydrogen) atoms. The number of hydrogen-bond acceptors (Lipinski definition) is 4. The molecule has 1 saturated heterocycles. The molecule has 2 aromatic rings. The van der Waals surface area contributed by atoms with Gasteiger partial charge in [-0.1, -0.05) is 23.2 Å². The second-order valence-electron chi connectivity index (χ2n) is 6.90. The largest absolute Gasteiger partial charge is 0.416 e. The lowest BCUT2D eigenvalue weighted by atomic mass is 9.85. The van der Waals surface area contributed by atoms with Gasteiger partial charge in [0, 0.05) is 27.7 Å². The van der Waals surface area contributed by atoms with Gasteiger partial charge in [-0.05, 0) is 43.3 Å². The van der Waals surface area contributed by atoms with Crippen LogP contribution in [0.3, 0.4) is 0 Å². The monoisotopic (exact) mass is 404 g/mol. The Labute approximate surface area is 165 Å². The predicted octanol–water partition coefficient (Wildman–Crippen LogP) is 4.81. The lowest BCUT2D eigenvalue weighted by molar-refractivity contribution is -0.0145. The number of amides is 2. The molecule has 0 spiro atoms. The van der Waals surface area contributed by atoms with E-state index in [4.69, 9.17) is 32.7 Å². The van der Waals surface area contributed by atoms with E-state index in [1.807, 2.05) is 6.92 Å². The number of carbonyl (C=O) groups excluding carboxylic acids is 2. The van der Waals surface area contributed by atoms with E-state index in [0.29, 0.717) is 28.1 Å². The number of rotatable bonds is 0. The molecule has 3 aliphatic heterocycles. The summed E-state index contributed by atoms with van der Waals surface area (Å²) in [6, 6.07) is 9.11. The van der Waals surface area contributed by atoms with E-state index >= 15 is 0 Å². The van der Waals surface area contributed by atoms with Crippen LogP contribution in [0.2, 0.25) is 10.0 Å². The molecule has 0 aliphatic carbocycles. The number of hydrogen-bond donors (Lipinski definition) is 0. The van der Waals surface area contributed by atoms with Crippen LogP contribution in [-0.4, -0.2) is 34.6 Å². The third kappa shape index (κ3) is 2.40. The molecule has 8 heteroatoms. The van der Waals surface area contributed by atoms with Gasteiger partial charge < -0.3 is 9.47 Å². The maximum atomic E-state index is 12.7. The molecule has 0 radical (unpaired) electrons. The van der Waals surface area contributed by atoms with Crippen molar-refractivity contribution in [2.45, 2.75) is 25.0 Å². The number of carbonyl (C=O) groups is 2. The molecule has 2 aromatic carbocycles. The van der Waals surface area contributed by atoms with Gasteiger partial charge in [-0.2, -0.15) is 0 Å². The highest BCUT2D eigenvalue weighted by molar-refractivity contribution is 6.31. The molecule has 138 valence electrons. The fourth-order valence-electron chi connectivity index (χ4n) is 4.21. The maximum absolute atomic E-state index is 12.7. The van der Waals surface area contributed by atoms with Crippen LogP contribution in [0.25, 0.3) is 0 Å². The molecule has 0 N–H and O–H groups in total. The van der Waals surface area contributed by atoms with Crippen molar-refractivity contribution in [1.29, 1.82) is 0 Å². The lowest BCUT2D eigenvalue weighted by Gasteiger charge is -2.53. The van der Waals surface area contributed by atoms with Crippen molar-refractivity contribution in [3.63, 3.8) is 0 Å². The summed E-state index contributed by atoms with van der Waals surface area (Å²) in [6.07, 6.45) is -0.881. The van der Waals surface area contributed by atoms with Gasteiger partial charge >= 0.3 is 12.2 Å². The average Bonchev–Trinajstić information content (AvgIpc) is 2.63. The number of fused-ring (bicyclic) bond motifs is 7. The summed E-state index contributed by atoms with van der Waals surface area (Å²) in [5, 5.41) is 1.06. The molecule has 3 heterocycles. The minimum absolute atomic E-state index is 0.251. The zero-order valence-corrected chi connectivity index (χ0v) is 15.7. The zero-order chi connectivity index (χ0) is 18.9. The predicted molar refractivity (Wildman–Crippen MR) is 98.4 cm³/mol. The topological polar surface area (TPSA) is 59.1 Å². The molecule has 1 unspecified atom stereocenters. The van der Waals surface area contributed by atoms with Crippen LogP contribution in [-0.2, 0) is 0 Å². The fourth-order valence-corrected chi connectivity index (χ4v) is 4.57. The Kier molecular flexibility index (Phi) is 3.58. The highest BCUT2D eigenvalue weighted by Gasteiger charge is 2.52. The Morgan fingerprint density at radius 1 is 0.889 bits per heavy atom. The number of ether oxygens (including phenoxy) is 2. The Morgan fingerprint density at radius 3 is 2.07 bits per heavy atom. The van der Waals surface area contributed by atoms with Crippen LogP contribution in [0.4, 0.5) is 9.59 Å². The Morgan fingerprint density at radius 2 is 1.44 bits per heavy atom. The van der Waals surface area contributed by atoms with Crippen LogP contribution in [0, 0.1) is 0 Å². The first-order valence-electron chi connectivity index (χ1n) is 8.51. The first kappa shape index (κ1) is 16.7. The molecular weight excluding hydrogens is 391 g/mol. The van der Waals surface area contributed by atoms with Crippen molar-refractivity contribution in [1.82, 2.24) is 9.80 Å². The van der Waals surface area contributed by atoms with Crippen LogP contribution >= 0.6 is 23.2 Å². The molecule has 2 amide bonds. The van der Waals surface area contributed by atoms with Crippen molar-refractivity contribution < 1.29 is 19.1 Å². The Hall–Kier alpha value is -2.44. The molecule has 0 saturated carbocycles. The van der Waals surface area contributed by atoms with Crippen molar-refractivity contribution in [3.8, 4) is 11.5 Å². The van der Waals surface area contributed by atoms with Gasteiger partial charge in [-0.3, -0.25) is 9.80 Å². The quantitative estimate of drug-likeness (QED) is 0.632. The summed E-state index contributed by atoms with van der Waals surface area (Å²) in [4.78, 5) is 28.7. The normalized spacial score (nSPS) is 25.7. The second kappa shape index (κ2) is 5.78. The molecule has 0 aromatic heterocycles. The van der Waals surface area contributed by atoms with E-state index in [2.05, 4.69) is 0 Å². The molecular formula is C19H14Cl2N2O4. The number of benzene rings is 2. The summed E-state index contributed by atoms with van der Waals surface area (Å²) in [6.45, 7) is 2.21. The van der Waals surface area contributed by atoms with E-state index in [9.17, 15) is 9.59 Å². The van der Waals surface area contributed by atoms with Crippen molar-refractivity contribution in [2.75, 3.05) is 6.54 Å². The van der Waals surface area contributed by atoms with Gasteiger partial charge in [0.15, 0.2) is 0 Å². The van der Waals surface area contributed by atoms with E-state index < -0.39 is 24.3 Å². The molecule has 1 fully saturated rings. The highest BCUT2D eigenvalue weighted by Crippen LogP contribution is 2.52. The third-order valence-electron chi connectivity index (χ3n) is 5.29. The SMILES string of the molecule is CC1CN2C(=O)Oc3ccc(Cl)cc3[C@@H]2[C@H]2c3cc(Cl)ccc3OC(=O)N12.